The molecule has 1 saturated heterocycles. The summed E-state index contributed by atoms with van der Waals surface area (Å²) < 4.78 is 0.960. The van der Waals surface area contributed by atoms with Gasteiger partial charge in [-0.2, -0.15) is 0 Å². The molecule has 1 fully saturated rings. The van der Waals surface area contributed by atoms with Crippen molar-refractivity contribution in [1.29, 1.82) is 0 Å². The lowest BCUT2D eigenvalue weighted by Crippen LogP contribution is -2.63. The van der Waals surface area contributed by atoms with Crippen LogP contribution in [0.5, 0.6) is 0 Å². The van der Waals surface area contributed by atoms with Gasteiger partial charge in [0, 0.05) is 34.0 Å². The Morgan fingerprint density at radius 3 is 2.74 bits per heavy atom. The Morgan fingerprint density at radius 2 is 1.94 bits per heavy atom. The number of rotatable bonds is 5. The van der Waals surface area contributed by atoms with E-state index in [-0.39, 0.29) is 24.4 Å². The first-order chi connectivity index (χ1) is 15.1. The Kier molecular flexibility index (Phi) is 5.34. The molecule has 5 rings (SSSR count). The van der Waals surface area contributed by atoms with E-state index in [0.717, 1.165) is 51.5 Å². The van der Waals surface area contributed by atoms with Crippen molar-refractivity contribution in [2.45, 2.75) is 44.7 Å². The van der Waals surface area contributed by atoms with Crippen LogP contribution in [-0.2, 0) is 16.0 Å². The second kappa shape index (κ2) is 8.15. The minimum atomic E-state index is -0.460. The Labute approximate surface area is 190 Å². The average Bonchev–Trinajstić information content (AvgIpc) is 3.14. The van der Waals surface area contributed by atoms with Gasteiger partial charge in [-0.25, -0.2) is 0 Å². The number of nitrogens with zero attached hydrogens (tertiary/aromatic N) is 2. The third-order valence-electron chi connectivity index (χ3n) is 6.54. The molecule has 160 valence electrons. The predicted molar refractivity (Wildman–Crippen MR) is 125 cm³/mol. The van der Waals surface area contributed by atoms with Crippen molar-refractivity contribution in [2.75, 3.05) is 13.1 Å². The highest BCUT2D eigenvalue weighted by molar-refractivity contribution is 9.10. The number of halogens is 1. The summed E-state index contributed by atoms with van der Waals surface area (Å²) >= 11 is 3.57. The second-order valence-corrected chi connectivity index (χ2v) is 9.42. The molecule has 0 bridgehead atoms. The molecule has 1 aromatic heterocycles. The van der Waals surface area contributed by atoms with Gasteiger partial charge in [-0.05, 0) is 35.7 Å². The van der Waals surface area contributed by atoms with Gasteiger partial charge < -0.3 is 14.8 Å². The van der Waals surface area contributed by atoms with Crippen LogP contribution in [0.1, 0.15) is 49.0 Å². The zero-order chi connectivity index (χ0) is 21.5. The number of unbranched alkanes of at least 4 members (excludes halogenated alkanes) is 2. The third-order valence-corrected chi connectivity index (χ3v) is 7.03. The van der Waals surface area contributed by atoms with Gasteiger partial charge in [-0.15, -0.1) is 0 Å². The highest BCUT2D eigenvalue weighted by Crippen LogP contribution is 2.42. The monoisotopic (exact) mass is 479 g/mol. The van der Waals surface area contributed by atoms with E-state index in [9.17, 15) is 9.59 Å². The normalized spacial score (nSPS) is 20.8. The third kappa shape index (κ3) is 3.47. The number of aromatic amines is 1. The molecule has 2 atom stereocenters. The highest BCUT2D eigenvalue weighted by atomic mass is 79.9. The van der Waals surface area contributed by atoms with Gasteiger partial charge in [-0.1, -0.05) is 66.0 Å². The highest BCUT2D eigenvalue weighted by Gasteiger charge is 2.48. The average molecular weight is 480 g/mol. The van der Waals surface area contributed by atoms with Gasteiger partial charge in [0.25, 0.3) is 0 Å². The first kappa shape index (κ1) is 20.3. The van der Waals surface area contributed by atoms with Gasteiger partial charge in [-0.3, -0.25) is 9.59 Å². The van der Waals surface area contributed by atoms with E-state index >= 15 is 0 Å². The fourth-order valence-corrected chi connectivity index (χ4v) is 5.51. The quantitative estimate of drug-likeness (QED) is 0.534. The van der Waals surface area contributed by atoms with Crippen molar-refractivity contribution in [3.8, 4) is 0 Å². The van der Waals surface area contributed by atoms with Gasteiger partial charge in [0.1, 0.15) is 6.04 Å². The van der Waals surface area contributed by atoms with Crippen LogP contribution < -0.4 is 0 Å². The Bertz CT molecular complexity index is 1150. The molecule has 0 radical (unpaired) electrons. The number of aromatic nitrogens is 1. The fraction of sp³-hybridized carbons (Fsp3) is 0.360. The number of nitrogens with one attached hydrogen (secondary N) is 1. The number of piperazine rings is 1. The Balaban J connectivity index is 1.62. The molecular weight excluding hydrogens is 454 g/mol. The molecule has 31 heavy (non-hydrogen) atoms. The van der Waals surface area contributed by atoms with Gasteiger partial charge in [0.15, 0.2) is 0 Å². The summed E-state index contributed by atoms with van der Waals surface area (Å²) in [7, 11) is 0. The zero-order valence-corrected chi connectivity index (χ0v) is 19.2. The first-order valence-electron chi connectivity index (χ1n) is 11.0. The first-order valence-corrected chi connectivity index (χ1v) is 11.8. The maximum atomic E-state index is 13.5. The maximum Gasteiger partial charge on any atom is 0.246 e. The number of hydrogen-bond acceptors (Lipinski definition) is 2. The molecule has 3 heterocycles. The van der Waals surface area contributed by atoms with Crippen LogP contribution in [0.4, 0.5) is 0 Å². The molecule has 2 aliphatic heterocycles. The summed E-state index contributed by atoms with van der Waals surface area (Å²) in [6, 6.07) is 15.5. The molecule has 0 saturated carbocycles. The number of benzene rings is 2. The summed E-state index contributed by atoms with van der Waals surface area (Å²) in [5.74, 6) is 0.0991. The molecule has 0 spiro atoms. The van der Waals surface area contributed by atoms with E-state index in [0.29, 0.717) is 13.0 Å². The van der Waals surface area contributed by atoms with Gasteiger partial charge in [0.2, 0.25) is 11.8 Å². The number of hydrogen-bond donors (Lipinski definition) is 1. The standard InChI is InChI=1S/C25H26BrN3O2/c1-2-3-6-12-28-15-22(30)29-21(25(28)31)14-19-18-10-4-5-11-20(18)27-23(19)24(29)16-8-7-9-17(26)13-16/h4-5,7-11,13,21,24,27H,2-3,6,12,14-15H2,1H3. The summed E-state index contributed by atoms with van der Waals surface area (Å²) in [6.45, 7) is 2.97. The van der Waals surface area contributed by atoms with Crippen molar-refractivity contribution >= 4 is 38.6 Å². The minimum absolute atomic E-state index is 0.0235. The number of fused-ring (bicyclic) bond motifs is 4. The van der Waals surface area contributed by atoms with Crippen LogP contribution >= 0.6 is 15.9 Å². The minimum Gasteiger partial charge on any atom is -0.356 e. The molecule has 3 aromatic rings. The molecule has 2 aromatic carbocycles. The van der Waals surface area contributed by atoms with Crippen LogP contribution in [0, 0.1) is 0 Å². The number of para-hydroxylation sites is 1. The maximum absolute atomic E-state index is 13.5. The van der Waals surface area contributed by atoms with E-state index in [4.69, 9.17) is 0 Å². The molecule has 0 aliphatic carbocycles. The summed E-state index contributed by atoms with van der Waals surface area (Å²) in [4.78, 5) is 34.1. The molecule has 5 nitrogen and oxygen atoms in total. The van der Waals surface area contributed by atoms with Crippen LogP contribution in [-0.4, -0.2) is 45.7 Å². The number of carbonyl (C=O) groups excluding carboxylic acids is 2. The molecule has 2 amide bonds. The lowest BCUT2D eigenvalue weighted by Gasteiger charge is -2.47. The summed E-state index contributed by atoms with van der Waals surface area (Å²) in [5, 5.41) is 1.14. The number of carbonyl (C=O) groups is 2. The largest absolute Gasteiger partial charge is 0.356 e. The van der Waals surface area contributed by atoms with Crippen LogP contribution in [0.15, 0.2) is 53.0 Å². The lowest BCUT2D eigenvalue weighted by atomic mass is 9.86. The smallest absolute Gasteiger partial charge is 0.246 e. The molecular formula is C25H26BrN3O2. The van der Waals surface area contributed by atoms with E-state index in [2.05, 4.69) is 40.0 Å². The van der Waals surface area contributed by atoms with E-state index in [1.807, 2.05) is 41.3 Å². The summed E-state index contributed by atoms with van der Waals surface area (Å²) in [5.41, 5.74) is 4.23. The fourth-order valence-electron chi connectivity index (χ4n) is 5.09. The van der Waals surface area contributed by atoms with Crippen molar-refractivity contribution < 1.29 is 9.59 Å². The predicted octanol–water partition coefficient (Wildman–Crippen LogP) is 4.81. The molecule has 6 heteroatoms. The van der Waals surface area contributed by atoms with Crippen LogP contribution in [0.25, 0.3) is 10.9 Å². The Morgan fingerprint density at radius 1 is 1.10 bits per heavy atom. The van der Waals surface area contributed by atoms with Gasteiger partial charge in [0.05, 0.1) is 12.6 Å². The van der Waals surface area contributed by atoms with E-state index in [1.54, 1.807) is 4.90 Å². The van der Waals surface area contributed by atoms with Crippen molar-refractivity contribution in [1.82, 2.24) is 14.8 Å². The number of H-pyrrole nitrogens is 1. The summed E-state index contributed by atoms with van der Waals surface area (Å²) in [6.07, 6.45) is 3.66. The van der Waals surface area contributed by atoms with Gasteiger partial charge >= 0.3 is 0 Å². The van der Waals surface area contributed by atoms with E-state index in [1.165, 1.54) is 0 Å². The number of amides is 2. The Hall–Kier alpha value is -2.60. The van der Waals surface area contributed by atoms with Crippen molar-refractivity contribution in [2.24, 2.45) is 0 Å². The SMILES string of the molecule is CCCCCN1CC(=O)N2C(Cc3c([nH]c4ccccc34)C2c2cccc(Br)c2)C1=O. The zero-order valence-electron chi connectivity index (χ0n) is 17.6. The van der Waals surface area contributed by atoms with Crippen LogP contribution in [0.2, 0.25) is 0 Å². The van der Waals surface area contributed by atoms with Crippen LogP contribution in [0.3, 0.4) is 0 Å². The lowest BCUT2D eigenvalue weighted by molar-refractivity contribution is -0.158. The van der Waals surface area contributed by atoms with Crippen molar-refractivity contribution in [3.05, 3.63) is 69.8 Å². The molecule has 2 unspecified atom stereocenters. The topological polar surface area (TPSA) is 56.4 Å². The second-order valence-electron chi connectivity index (χ2n) is 8.51. The molecule has 1 N–H and O–H groups in total. The van der Waals surface area contributed by atoms with Crippen molar-refractivity contribution in [3.63, 3.8) is 0 Å². The molecule has 2 aliphatic rings. The van der Waals surface area contributed by atoms with E-state index < -0.39 is 6.04 Å².